The molecule has 0 aromatic heterocycles. The lowest BCUT2D eigenvalue weighted by Crippen LogP contribution is -2.20. The Labute approximate surface area is 173 Å². The van der Waals surface area contributed by atoms with Crippen LogP contribution in [-0.4, -0.2) is 24.6 Å². The van der Waals surface area contributed by atoms with Crippen molar-refractivity contribution in [2.24, 2.45) is 5.10 Å². The first-order valence-electron chi connectivity index (χ1n) is 9.18. The fraction of sp³-hybridized carbons (Fsp3) is 0.0870. The Morgan fingerprint density at radius 3 is 2.30 bits per heavy atom. The van der Waals surface area contributed by atoms with E-state index in [9.17, 15) is 14.0 Å². The van der Waals surface area contributed by atoms with Crippen molar-refractivity contribution in [2.75, 3.05) is 11.9 Å². The Bertz CT molecular complexity index is 1030. The Balaban J connectivity index is 1.45. The minimum absolute atomic E-state index is 0.116. The Hall–Kier alpha value is -4.00. The summed E-state index contributed by atoms with van der Waals surface area (Å²) in [6.07, 6.45) is 1.47. The number of carbonyl (C=O) groups excluding carboxylic acids is 2. The normalized spacial score (nSPS) is 10.6. The van der Waals surface area contributed by atoms with E-state index in [2.05, 4.69) is 15.8 Å². The number of carbonyl (C=O) groups is 2. The molecule has 0 radical (unpaired) electrons. The van der Waals surface area contributed by atoms with Crippen LogP contribution in [0.15, 0.2) is 77.9 Å². The topological polar surface area (TPSA) is 79.8 Å². The van der Waals surface area contributed by atoms with Gasteiger partial charge in [-0.3, -0.25) is 9.59 Å². The van der Waals surface area contributed by atoms with Crippen LogP contribution in [0, 0.1) is 12.7 Å². The van der Waals surface area contributed by atoms with Crippen LogP contribution < -0.4 is 15.5 Å². The number of benzene rings is 3. The quantitative estimate of drug-likeness (QED) is 0.462. The first-order valence-corrected chi connectivity index (χ1v) is 9.18. The third kappa shape index (κ3) is 6.27. The average molecular weight is 405 g/mol. The van der Waals surface area contributed by atoms with Gasteiger partial charge in [-0.25, -0.2) is 9.82 Å². The van der Waals surface area contributed by atoms with Gasteiger partial charge in [0.25, 0.3) is 11.8 Å². The van der Waals surface area contributed by atoms with E-state index >= 15 is 0 Å². The second kappa shape index (κ2) is 9.97. The number of aryl methyl sites for hydroxylation is 1. The Morgan fingerprint density at radius 1 is 0.967 bits per heavy atom. The van der Waals surface area contributed by atoms with Gasteiger partial charge in [-0.15, -0.1) is 0 Å². The van der Waals surface area contributed by atoms with Crippen molar-refractivity contribution in [1.29, 1.82) is 0 Å². The molecule has 0 aliphatic carbocycles. The van der Waals surface area contributed by atoms with E-state index < -0.39 is 11.7 Å². The van der Waals surface area contributed by atoms with Gasteiger partial charge in [0.15, 0.2) is 6.61 Å². The first-order chi connectivity index (χ1) is 14.5. The molecule has 0 spiro atoms. The van der Waals surface area contributed by atoms with Crippen LogP contribution in [0.1, 0.15) is 21.5 Å². The number of nitrogens with one attached hydrogen (secondary N) is 2. The third-order valence-corrected chi connectivity index (χ3v) is 4.07. The van der Waals surface area contributed by atoms with Crippen LogP contribution in [0.5, 0.6) is 5.75 Å². The Kier molecular flexibility index (Phi) is 6.89. The van der Waals surface area contributed by atoms with E-state index in [-0.39, 0.29) is 12.5 Å². The van der Waals surface area contributed by atoms with Crippen molar-refractivity contribution in [1.82, 2.24) is 5.43 Å². The fourth-order valence-corrected chi connectivity index (χ4v) is 2.46. The van der Waals surface area contributed by atoms with Crippen LogP contribution >= 0.6 is 0 Å². The van der Waals surface area contributed by atoms with Crippen molar-refractivity contribution in [2.45, 2.75) is 6.92 Å². The second-order valence-corrected chi connectivity index (χ2v) is 6.48. The van der Waals surface area contributed by atoms with Crippen LogP contribution in [0.4, 0.5) is 10.1 Å². The second-order valence-electron chi connectivity index (χ2n) is 6.48. The van der Waals surface area contributed by atoms with Crippen molar-refractivity contribution >= 4 is 23.7 Å². The molecule has 0 aliphatic rings. The van der Waals surface area contributed by atoms with E-state index in [1.807, 2.05) is 31.2 Å². The molecule has 3 rings (SSSR count). The molecule has 2 amide bonds. The molecule has 0 atom stereocenters. The van der Waals surface area contributed by atoms with Gasteiger partial charge < -0.3 is 10.1 Å². The smallest absolute Gasteiger partial charge is 0.271 e. The molecule has 0 unspecified atom stereocenters. The molecule has 6 nitrogen and oxygen atoms in total. The number of nitrogens with zero attached hydrogens (tertiary/aromatic N) is 1. The monoisotopic (exact) mass is 405 g/mol. The number of amides is 2. The van der Waals surface area contributed by atoms with Gasteiger partial charge in [0.05, 0.1) is 6.21 Å². The van der Waals surface area contributed by atoms with E-state index in [0.717, 1.165) is 11.1 Å². The number of ether oxygens (including phenoxy) is 1. The van der Waals surface area contributed by atoms with Gasteiger partial charge in [-0.2, -0.15) is 5.10 Å². The van der Waals surface area contributed by atoms with Crippen molar-refractivity contribution in [3.05, 3.63) is 95.3 Å². The lowest BCUT2D eigenvalue weighted by molar-refractivity contribution is -0.118. The summed E-state index contributed by atoms with van der Waals surface area (Å²) in [6, 6.07) is 19.5. The molecule has 0 aliphatic heterocycles. The third-order valence-electron chi connectivity index (χ3n) is 4.07. The molecule has 0 saturated carbocycles. The van der Waals surface area contributed by atoms with Crippen LogP contribution in [-0.2, 0) is 4.79 Å². The summed E-state index contributed by atoms with van der Waals surface area (Å²) in [4.78, 5) is 23.9. The molecular formula is C23H20FN3O3. The number of hydrogen-bond donors (Lipinski definition) is 2. The lowest BCUT2D eigenvalue weighted by atomic mass is 10.2. The van der Waals surface area contributed by atoms with E-state index in [4.69, 9.17) is 4.74 Å². The summed E-state index contributed by atoms with van der Waals surface area (Å²) < 4.78 is 18.3. The highest BCUT2D eigenvalue weighted by Gasteiger charge is 2.05. The number of hydrazone groups is 1. The average Bonchev–Trinajstić information content (AvgIpc) is 2.75. The van der Waals surface area contributed by atoms with E-state index in [1.165, 1.54) is 30.5 Å². The maximum absolute atomic E-state index is 12.9. The lowest BCUT2D eigenvalue weighted by Gasteiger charge is -2.08. The first kappa shape index (κ1) is 20.7. The van der Waals surface area contributed by atoms with E-state index in [0.29, 0.717) is 17.0 Å². The zero-order valence-corrected chi connectivity index (χ0v) is 16.3. The molecule has 3 aromatic carbocycles. The van der Waals surface area contributed by atoms with Gasteiger partial charge in [-0.1, -0.05) is 17.7 Å². The molecule has 0 fully saturated rings. The number of rotatable bonds is 7. The summed E-state index contributed by atoms with van der Waals surface area (Å²) in [5, 5.41) is 6.63. The highest BCUT2D eigenvalue weighted by atomic mass is 19.1. The molecule has 3 aromatic rings. The predicted molar refractivity (Wildman–Crippen MR) is 113 cm³/mol. The Morgan fingerprint density at radius 2 is 1.63 bits per heavy atom. The molecule has 7 heteroatoms. The van der Waals surface area contributed by atoms with Gasteiger partial charge in [0.1, 0.15) is 11.6 Å². The summed E-state index contributed by atoms with van der Waals surface area (Å²) in [6.45, 7) is 1.86. The molecule has 0 bridgehead atoms. The maximum atomic E-state index is 12.9. The molecule has 2 N–H and O–H groups in total. The van der Waals surface area contributed by atoms with Crippen molar-refractivity contribution < 1.29 is 18.7 Å². The van der Waals surface area contributed by atoms with Crippen LogP contribution in [0.3, 0.4) is 0 Å². The minimum Gasteiger partial charge on any atom is -0.484 e. The van der Waals surface area contributed by atoms with Crippen molar-refractivity contribution in [3.63, 3.8) is 0 Å². The fourth-order valence-electron chi connectivity index (χ4n) is 2.46. The predicted octanol–water partition coefficient (Wildman–Crippen LogP) is 3.92. The molecular weight excluding hydrogens is 385 g/mol. The SMILES string of the molecule is Cc1ccc(NC(=O)COc2ccc(/C=N/NC(=O)c3ccc(F)cc3)cc2)cc1. The number of anilines is 1. The highest BCUT2D eigenvalue weighted by molar-refractivity contribution is 5.95. The largest absolute Gasteiger partial charge is 0.484 e. The summed E-state index contributed by atoms with van der Waals surface area (Å²) >= 11 is 0. The zero-order valence-electron chi connectivity index (χ0n) is 16.3. The zero-order chi connectivity index (χ0) is 21.3. The summed E-state index contributed by atoms with van der Waals surface area (Å²) in [5.41, 5.74) is 5.23. The summed E-state index contributed by atoms with van der Waals surface area (Å²) in [7, 11) is 0. The maximum Gasteiger partial charge on any atom is 0.271 e. The van der Waals surface area contributed by atoms with Crippen molar-refractivity contribution in [3.8, 4) is 5.75 Å². The minimum atomic E-state index is -0.439. The molecule has 0 heterocycles. The van der Waals surface area contributed by atoms with Gasteiger partial charge in [0, 0.05) is 11.3 Å². The molecule has 0 saturated heterocycles. The van der Waals surface area contributed by atoms with Gasteiger partial charge in [-0.05, 0) is 73.2 Å². The number of hydrogen-bond acceptors (Lipinski definition) is 4. The van der Waals surface area contributed by atoms with Gasteiger partial charge >= 0.3 is 0 Å². The van der Waals surface area contributed by atoms with Crippen LogP contribution in [0.2, 0.25) is 0 Å². The van der Waals surface area contributed by atoms with Crippen LogP contribution in [0.25, 0.3) is 0 Å². The molecule has 152 valence electrons. The van der Waals surface area contributed by atoms with Gasteiger partial charge in [0.2, 0.25) is 0 Å². The molecule has 30 heavy (non-hydrogen) atoms. The standard InChI is InChI=1S/C23H20FN3O3/c1-16-2-10-20(11-3-16)26-22(28)15-30-21-12-4-17(5-13-21)14-25-27-23(29)18-6-8-19(24)9-7-18/h2-14H,15H2,1H3,(H,26,28)(H,27,29)/b25-14+. The number of halogens is 1. The van der Waals surface area contributed by atoms with E-state index in [1.54, 1.807) is 24.3 Å². The highest BCUT2D eigenvalue weighted by Crippen LogP contribution is 2.12. The summed E-state index contributed by atoms with van der Waals surface area (Å²) in [5.74, 6) is -0.578.